The fraction of sp³-hybridized carbons (Fsp3) is 0.425. The van der Waals surface area contributed by atoms with Crippen LogP contribution in [-0.2, 0) is 63.4 Å². The Balaban J connectivity index is 0.000000149. The Morgan fingerprint density at radius 2 is 1.07 bits per heavy atom. The second-order valence-electron chi connectivity index (χ2n) is 28.9. The van der Waals surface area contributed by atoms with Crippen molar-refractivity contribution in [3.8, 4) is 17.2 Å². The molecule has 22 nitrogen and oxygen atoms in total. The van der Waals surface area contributed by atoms with Gasteiger partial charge in [-0.05, 0) is 192 Å². The molecule has 113 heavy (non-hydrogen) atoms. The smallest absolute Gasteiger partial charge is 0.225 e. The predicted molar refractivity (Wildman–Crippen MR) is 426 cm³/mol. The molecule has 1 aromatic heterocycles. The fourth-order valence-electron chi connectivity index (χ4n) is 14.8. The van der Waals surface area contributed by atoms with E-state index in [1.54, 1.807) is 43.6 Å². The molecular weight excluding hydrogens is 1520 g/mol. The molecule has 0 unspecified atom stereocenters. The van der Waals surface area contributed by atoms with Crippen molar-refractivity contribution >= 4 is 44.8 Å². The van der Waals surface area contributed by atoms with E-state index in [-0.39, 0.29) is 19.0 Å². The van der Waals surface area contributed by atoms with Crippen LogP contribution in [0.3, 0.4) is 0 Å². The molecule has 5 aliphatic heterocycles. The summed E-state index contributed by atoms with van der Waals surface area (Å²) in [5, 5.41) is 152. The molecule has 1 spiro atoms. The summed E-state index contributed by atoms with van der Waals surface area (Å²) in [7, 11) is 1.57. The van der Waals surface area contributed by atoms with Gasteiger partial charge in [-0.15, -0.1) is 23.1 Å². The standard InChI is InChI=1S/C23H30O6S.C22H26O6.C21H25ClO5.C21H21FO5S/c1-4-29-16-7-5-14(6-8-16)10-15-11-17(18(28-3)9-13(15)2)23-22(27)21(26)20(25)19(12-24)30-23;1-2-13-3-5-14(6-4-13)9-15-7-8-16-12-27-22(17(16)10-15)21(26)20(25)19(24)18(11-23)28-22;1-3-26-16-7-4-13(5-8-16)10-15-11-14(6-9-17(15)22)21-20(25)19(24)18(23)12(2)27-21;22-15-6-5-12(21-20(26)19(25)18(24)16(10-23)27-21)7-13(15)9-14-8-11-3-1-2-4-17(11)28-14/h5-9,11,19-27H,4,10,12H2,1-3H3;3-8,10,18-21,23-26H,2,9,11-12H2,1H3;4-9,11-12,18-21,23-25H,3,10H2,1-2H3;1-8,16,18-21,23-26H,9-10H2/t19-,20-,21+,22-,23+;18-,19-,20+,21-,22+;12-,18+,19+,20-,21-;16-,18-,19+,20-,21+/m1111/s1. The first-order chi connectivity index (χ1) is 54.2. The summed E-state index contributed by atoms with van der Waals surface area (Å²) in [6.45, 7) is 9.87. The van der Waals surface area contributed by atoms with Gasteiger partial charge in [0.15, 0.2) is 0 Å². The van der Waals surface area contributed by atoms with Crippen LogP contribution in [-0.4, -0.2) is 214 Å². The molecule has 5 aliphatic rings. The van der Waals surface area contributed by atoms with Gasteiger partial charge < -0.3 is 110 Å². The maximum atomic E-state index is 14.4. The largest absolute Gasteiger partial charge is 0.496 e. The van der Waals surface area contributed by atoms with Gasteiger partial charge in [0.1, 0.15) is 109 Å². The lowest BCUT2D eigenvalue weighted by atomic mass is 9.86. The summed E-state index contributed by atoms with van der Waals surface area (Å²) in [4.78, 5) is 1.01. The van der Waals surface area contributed by atoms with Crippen molar-refractivity contribution in [2.75, 3.05) is 40.1 Å². The van der Waals surface area contributed by atoms with Crippen LogP contribution in [0.25, 0.3) is 10.1 Å². The highest BCUT2D eigenvalue weighted by atomic mass is 35.5. The van der Waals surface area contributed by atoms with E-state index >= 15 is 0 Å². The van der Waals surface area contributed by atoms with E-state index in [2.05, 4.69) is 31.2 Å². The number of halogens is 2. The van der Waals surface area contributed by atoms with Gasteiger partial charge in [0.2, 0.25) is 5.79 Å². The minimum absolute atomic E-state index is 0.221. The summed E-state index contributed by atoms with van der Waals surface area (Å²) >= 11 is 9.22. The molecule has 15 N–H and O–H groups in total. The third-order valence-electron chi connectivity index (χ3n) is 21.3. The number of aliphatic hydroxyl groups excluding tert-OH is 15. The molecular formula is C87H102ClFO22S2. The lowest BCUT2D eigenvalue weighted by Crippen LogP contribution is -2.63. The molecule has 608 valence electrons. The zero-order valence-electron chi connectivity index (χ0n) is 63.6. The first kappa shape index (κ1) is 86.8. The van der Waals surface area contributed by atoms with Crippen molar-refractivity contribution in [1.82, 2.24) is 0 Å². The van der Waals surface area contributed by atoms with E-state index in [4.69, 9.17) is 44.8 Å². The lowest BCUT2D eigenvalue weighted by Gasteiger charge is -2.46. The number of hydrogen-bond acceptors (Lipinski definition) is 24. The van der Waals surface area contributed by atoms with Crippen molar-refractivity contribution in [3.63, 3.8) is 0 Å². The van der Waals surface area contributed by atoms with Gasteiger partial charge >= 0.3 is 0 Å². The second-order valence-corrected chi connectivity index (χ2v) is 31.9. The van der Waals surface area contributed by atoms with Crippen molar-refractivity contribution in [3.05, 3.63) is 263 Å². The van der Waals surface area contributed by atoms with Crippen LogP contribution in [0, 0.1) is 12.7 Å². The zero-order valence-corrected chi connectivity index (χ0v) is 65.9. The van der Waals surface area contributed by atoms with Crippen LogP contribution in [0.4, 0.5) is 4.39 Å². The van der Waals surface area contributed by atoms with Crippen LogP contribution in [0.15, 0.2) is 170 Å². The number of fused-ring (bicyclic) bond motifs is 3. The molecule has 4 saturated heterocycles. The first-order valence-corrected chi connectivity index (χ1v) is 40.0. The Hall–Kier alpha value is -7.07. The summed E-state index contributed by atoms with van der Waals surface area (Å²) < 4.78 is 55.0. The predicted octanol–water partition coefficient (Wildman–Crippen LogP) is 8.24. The van der Waals surface area contributed by atoms with Crippen LogP contribution >= 0.6 is 34.7 Å². The molecule has 14 rings (SSSR count). The molecule has 0 radical (unpaired) electrons. The van der Waals surface area contributed by atoms with Crippen LogP contribution in [0.2, 0.25) is 5.02 Å². The van der Waals surface area contributed by atoms with E-state index in [9.17, 15) is 81.0 Å². The highest BCUT2D eigenvalue weighted by Gasteiger charge is 2.58. The molecule has 26 heteroatoms. The van der Waals surface area contributed by atoms with Gasteiger partial charge in [-0.25, -0.2) is 4.39 Å². The molecule has 0 saturated carbocycles. The van der Waals surface area contributed by atoms with Crippen LogP contribution in [0.1, 0.15) is 128 Å². The van der Waals surface area contributed by atoms with E-state index in [0.29, 0.717) is 71.9 Å². The number of benzene rings is 8. The molecule has 0 amide bonds. The number of hydrogen-bond donors (Lipinski definition) is 15. The Morgan fingerprint density at radius 3 is 1.68 bits per heavy atom. The van der Waals surface area contributed by atoms with E-state index < -0.39 is 133 Å². The molecule has 20 atom stereocenters. The summed E-state index contributed by atoms with van der Waals surface area (Å²) in [5.74, 6) is 0.299. The molecule has 9 aromatic rings. The van der Waals surface area contributed by atoms with E-state index in [1.165, 1.54) is 35.0 Å². The van der Waals surface area contributed by atoms with E-state index in [1.807, 2.05) is 136 Å². The maximum Gasteiger partial charge on any atom is 0.225 e. The quantitative estimate of drug-likeness (QED) is 0.0341. The average Bonchev–Trinajstić information content (AvgIpc) is 1.58. The number of thioether (sulfide) groups is 1. The minimum atomic E-state index is -1.59. The Kier molecular flexibility index (Phi) is 30.1. The Labute approximate surface area is 669 Å². The summed E-state index contributed by atoms with van der Waals surface area (Å²) in [6.07, 6.45) is -16.9. The molecule has 4 fully saturated rings. The zero-order chi connectivity index (χ0) is 81.1. The normalized spacial score (nSPS) is 28.6. The Bertz CT molecular complexity index is 4520. The van der Waals surface area contributed by atoms with Crippen molar-refractivity contribution in [2.45, 2.75) is 193 Å². The van der Waals surface area contributed by atoms with Crippen LogP contribution in [0.5, 0.6) is 17.2 Å². The van der Waals surface area contributed by atoms with Gasteiger partial charge in [-0.2, -0.15) is 0 Å². The SMILES string of the molecule is CCOc1ccc(Cc2cc([C@@H]3S[C@H](CO)[C@@H](O)[C@H](O)[C@H]3O)c(OC)cc2C)cc1.CCOc1ccc(Cc2cc([C@H]3O[C@H](C)[C@H](O)[C@H](O)[C@H]3O)ccc2Cl)cc1.CCc1ccc(Cc2ccc3c(c2)[C@]2(OC3)O[C@H](CO)[C@@H](O)[C@H](O)[C@H]2O)cc1.OC[C@H]1O[C@@H](c2ccc(F)c(Cc3cc4ccccc4s3)c2)[C@H](O)[C@@H](O)[C@@H]1O. The number of thiophene rings is 1. The topological polar surface area (TPSA) is 368 Å². The lowest BCUT2D eigenvalue weighted by molar-refractivity contribution is -0.368. The average molecular weight is 1620 g/mol. The Morgan fingerprint density at radius 1 is 0.513 bits per heavy atom. The third-order valence-corrected chi connectivity index (χ3v) is 24.4. The van der Waals surface area contributed by atoms with Gasteiger partial charge in [0, 0.05) is 32.1 Å². The summed E-state index contributed by atoms with van der Waals surface area (Å²) in [6, 6.07) is 53.8. The van der Waals surface area contributed by atoms with Gasteiger partial charge in [-0.1, -0.05) is 122 Å². The number of rotatable bonds is 20. The highest BCUT2D eigenvalue weighted by molar-refractivity contribution is 8.00. The van der Waals surface area contributed by atoms with Crippen LogP contribution < -0.4 is 14.2 Å². The number of methoxy groups -OCH3 is 1. The molecule has 0 bridgehead atoms. The summed E-state index contributed by atoms with van der Waals surface area (Å²) in [5.41, 5.74) is 12.5. The van der Waals surface area contributed by atoms with E-state index in [0.717, 1.165) is 77.4 Å². The number of ether oxygens (including phenoxy) is 7. The van der Waals surface area contributed by atoms with Crippen molar-refractivity contribution < 1.29 is 114 Å². The minimum Gasteiger partial charge on any atom is -0.496 e. The highest BCUT2D eigenvalue weighted by Crippen LogP contribution is 2.49. The fourth-order valence-corrected chi connectivity index (χ4v) is 17.5. The van der Waals surface area contributed by atoms with Gasteiger partial charge in [0.25, 0.3) is 0 Å². The monoisotopic (exact) mass is 1620 g/mol. The van der Waals surface area contributed by atoms with Gasteiger partial charge in [0.05, 0.1) is 75.6 Å². The number of aryl methyl sites for hydroxylation is 2. The third kappa shape index (κ3) is 20.0. The number of aliphatic hydroxyl groups is 15. The van der Waals surface area contributed by atoms with Crippen molar-refractivity contribution in [2.24, 2.45) is 0 Å². The second kappa shape index (κ2) is 39.3. The van der Waals surface area contributed by atoms with Crippen molar-refractivity contribution in [1.29, 1.82) is 0 Å². The molecule has 6 heterocycles. The molecule has 0 aliphatic carbocycles. The maximum absolute atomic E-state index is 14.4. The van der Waals surface area contributed by atoms with Gasteiger partial charge in [-0.3, -0.25) is 0 Å². The first-order valence-electron chi connectivity index (χ1n) is 37.9. The molecule has 8 aromatic carbocycles.